The molecule has 2 N–H and O–H groups in total. The molecular weight excluding hydrogens is 472 g/mol. The highest BCUT2D eigenvalue weighted by molar-refractivity contribution is 6.07. The number of nitrogens with one attached hydrogen (secondary N) is 2. The smallest absolute Gasteiger partial charge is 0.324 e. The van der Waals surface area contributed by atoms with Gasteiger partial charge >= 0.3 is 6.03 Å². The van der Waals surface area contributed by atoms with E-state index in [0.717, 1.165) is 64.8 Å². The zero-order valence-electron chi connectivity index (χ0n) is 22.5. The summed E-state index contributed by atoms with van der Waals surface area (Å²) in [5.74, 6) is 7.20. The van der Waals surface area contributed by atoms with Crippen LogP contribution in [0.4, 0.5) is 16.3 Å². The minimum Gasteiger partial charge on any atom is -0.377 e. The number of amides is 2. The van der Waals surface area contributed by atoms with Crippen LogP contribution in [-0.2, 0) is 10.2 Å². The third-order valence-electron chi connectivity index (χ3n) is 6.75. The molecule has 0 bridgehead atoms. The van der Waals surface area contributed by atoms with Crippen LogP contribution < -0.4 is 10.6 Å². The van der Waals surface area contributed by atoms with Crippen LogP contribution in [0.15, 0.2) is 66.7 Å². The van der Waals surface area contributed by atoms with Gasteiger partial charge in [0.05, 0.1) is 23.2 Å². The second-order valence-electron chi connectivity index (χ2n) is 10.8. The van der Waals surface area contributed by atoms with Crippen molar-refractivity contribution in [2.75, 3.05) is 17.2 Å². The molecule has 2 amide bonds. The van der Waals surface area contributed by atoms with E-state index in [9.17, 15) is 4.79 Å². The topological polar surface area (TPSA) is 68.2 Å². The fraction of sp³-hybridized carbons (Fsp3) is 0.312. The van der Waals surface area contributed by atoms with Crippen LogP contribution in [-0.4, -0.2) is 28.5 Å². The van der Waals surface area contributed by atoms with Crippen LogP contribution in [0.25, 0.3) is 16.5 Å². The van der Waals surface area contributed by atoms with E-state index < -0.39 is 0 Å². The Morgan fingerprint density at radius 3 is 2.53 bits per heavy atom. The van der Waals surface area contributed by atoms with E-state index in [1.807, 2.05) is 73.7 Å². The van der Waals surface area contributed by atoms with Gasteiger partial charge < -0.3 is 10.1 Å². The van der Waals surface area contributed by atoms with Crippen molar-refractivity contribution in [3.63, 3.8) is 0 Å². The molecular formula is C32H34N4O2. The third kappa shape index (κ3) is 5.74. The third-order valence-corrected chi connectivity index (χ3v) is 6.75. The first kappa shape index (κ1) is 25.6. The Hall–Kier alpha value is -4.08. The van der Waals surface area contributed by atoms with E-state index in [1.54, 1.807) is 4.68 Å². The lowest BCUT2D eigenvalue weighted by atomic mass is 9.92. The van der Waals surface area contributed by atoms with Crippen LogP contribution in [0.5, 0.6) is 0 Å². The minimum absolute atomic E-state index is 0.167. The summed E-state index contributed by atoms with van der Waals surface area (Å²) in [5.41, 5.74) is 4.44. The maximum absolute atomic E-state index is 13.2. The van der Waals surface area contributed by atoms with Crippen LogP contribution in [0.1, 0.15) is 56.9 Å². The maximum Gasteiger partial charge on any atom is 0.324 e. The van der Waals surface area contributed by atoms with Crippen LogP contribution in [0.2, 0.25) is 0 Å². The molecule has 1 unspecified atom stereocenters. The fourth-order valence-electron chi connectivity index (χ4n) is 4.57. The molecule has 1 fully saturated rings. The quantitative estimate of drug-likeness (QED) is 0.288. The Morgan fingerprint density at radius 2 is 1.82 bits per heavy atom. The summed E-state index contributed by atoms with van der Waals surface area (Å²) in [6.07, 6.45) is 3.17. The number of anilines is 2. The van der Waals surface area contributed by atoms with Gasteiger partial charge in [-0.15, -0.1) is 0 Å². The van der Waals surface area contributed by atoms with E-state index in [4.69, 9.17) is 9.84 Å². The second-order valence-corrected chi connectivity index (χ2v) is 10.8. The minimum atomic E-state index is -0.332. The Bertz CT molecular complexity index is 1510. The number of benzene rings is 3. The van der Waals surface area contributed by atoms with E-state index >= 15 is 0 Å². The molecule has 3 aromatic carbocycles. The Morgan fingerprint density at radius 1 is 1.05 bits per heavy atom. The van der Waals surface area contributed by atoms with Gasteiger partial charge in [0.25, 0.3) is 0 Å². The van der Waals surface area contributed by atoms with Gasteiger partial charge in [-0.1, -0.05) is 74.6 Å². The number of carbonyl (C=O) groups is 1. The number of aromatic nitrogens is 2. The summed E-state index contributed by atoms with van der Waals surface area (Å²) in [6, 6.07) is 21.6. The van der Waals surface area contributed by atoms with Crippen molar-refractivity contribution in [3.8, 4) is 17.5 Å². The molecule has 0 spiro atoms. The number of fused-ring (bicyclic) bond motifs is 1. The molecule has 4 aromatic rings. The monoisotopic (exact) mass is 506 g/mol. The number of nitrogens with zero attached hydrogens (tertiary/aromatic N) is 2. The Kier molecular flexibility index (Phi) is 7.22. The molecule has 1 aromatic heterocycles. The second kappa shape index (κ2) is 10.7. The Balaban J connectivity index is 1.39. The molecule has 2 heterocycles. The van der Waals surface area contributed by atoms with Crippen molar-refractivity contribution in [1.82, 2.24) is 9.78 Å². The maximum atomic E-state index is 13.2. The molecule has 1 aliphatic rings. The number of hydrogen-bond acceptors (Lipinski definition) is 3. The highest BCUT2D eigenvalue weighted by atomic mass is 16.5. The highest BCUT2D eigenvalue weighted by Gasteiger charge is 2.22. The van der Waals surface area contributed by atoms with Gasteiger partial charge in [0.2, 0.25) is 0 Å². The number of rotatable bonds is 4. The van der Waals surface area contributed by atoms with Crippen molar-refractivity contribution in [3.05, 3.63) is 83.6 Å². The molecule has 5 rings (SSSR count). The summed E-state index contributed by atoms with van der Waals surface area (Å²) in [6.45, 7) is 9.20. The number of carbonyl (C=O) groups excluding carboxylic acids is 1. The summed E-state index contributed by atoms with van der Waals surface area (Å²) < 4.78 is 7.47. The van der Waals surface area contributed by atoms with Gasteiger partial charge in [-0.3, -0.25) is 5.32 Å². The fourth-order valence-corrected chi connectivity index (χ4v) is 4.57. The van der Waals surface area contributed by atoms with Gasteiger partial charge in [-0.25, -0.2) is 9.48 Å². The molecule has 0 aliphatic carbocycles. The highest BCUT2D eigenvalue weighted by Crippen LogP contribution is 2.29. The molecule has 38 heavy (non-hydrogen) atoms. The van der Waals surface area contributed by atoms with Crippen molar-refractivity contribution >= 4 is 28.3 Å². The first-order valence-corrected chi connectivity index (χ1v) is 13.2. The van der Waals surface area contributed by atoms with Crippen molar-refractivity contribution < 1.29 is 9.53 Å². The summed E-state index contributed by atoms with van der Waals surface area (Å²) >= 11 is 0. The molecule has 6 nitrogen and oxygen atoms in total. The average Bonchev–Trinajstić information content (AvgIpc) is 3.56. The van der Waals surface area contributed by atoms with Gasteiger partial charge in [0.1, 0.15) is 5.82 Å². The molecule has 1 atom stereocenters. The lowest BCUT2D eigenvalue weighted by molar-refractivity contribution is 0.115. The van der Waals surface area contributed by atoms with Gasteiger partial charge in [0.15, 0.2) is 0 Å². The number of aryl methyl sites for hydroxylation is 1. The average molecular weight is 507 g/mol. The lowest BCUT2D eigenvalue weighted by Crippen LogP contribution is -2.21. The lowest BCUT2D eigenvalue weighted by Gasteiger charge is -2.14. The van der Waals surface area contributed by atoms with Crippen LogP contribution in [0, 0.1) is 18.8 Å². The standard InChI is InChI=1S/C32H34N4O2/c1-22-14-17-24(18-15-22)36-30(21-29(35-36)32(2,3)4)34-31(37)33-28-19-16-23(26-12-5-6-13-27(26)28)9-7-10-25-11-8-20-38-25/h5-6,12-19,21,25H,8,10-11,20H2,1-4H3,(H2,33,34,37). The number of ether oxygens (including phenoxy) is 1. The predicted molar refractivity (Wildman–Crippen MR) is 154 cm³/mol. The largest absolute Gasteiger partial charge is 0.377 e. The van der Waals surface area contributed by atoms with E-state index in [0.29, 0.717) is 5.82 Å². The van der Waals surface area contributed by atoms with Gasteiger partial charge in [-0.05, 0) is 49.4 Å². The van der Waals surface area contributed by atoms with Gasteiger partial charge in [-0.2, -0.15) is 5.10 Å². The Labute approximate surface area is 224 Å². The van der Waals surface area contributed by atoms with Crippen molar-refractivity contribution in [2.24, 2.45) is 0 Å². The van der Waals surface area contributed by atoms with Crippen LogP contribution >= 0.6 is 0 Å². The molecule has 1 aliphatic heterocycles. The normalized spacial score (nSPS) is 15.2. The summed E-state index contributed by atoms with van der Waals surface area (Å²) in [4.78, 5) is 13.2. The predicted octanol–water partition coefficient (Wildman–Crippen LogP) is 7.20. The van der Waals surface area contributed by atoms with E-state index in [-0.39, 0.29) is 17.6 Å². The number of hydrogen-bond donors (Lipinski definition) is 2. The molecule has 0 saturated carbocycles. The van der Waals surface area contributed by atoms with E-state index in [2.05, 4.69) is 43.2 Å². The molecule has 1 saturated heterocycles. The molecule has 6 heteroatoms. The first-order chi connectivity index (χ1) is 18.3. The zero-order valence-corrected chi connectivity index (χ0v) is 22.5. The first-order valence-electron chi connectivity index (χ1n) is 13.2. The van der Waals surface area contributed by atoms with E-state index in [1.165, 1.54) is 0 Å². The van der Waals surface area contributed by atoms with Gasteiger partial charge in [0, 0.05) is 35.5 Å². The molecule has 194 valence electrons. The van der Waals surface area contributed by atoms with Crippen molar-refractivity contribution in [1.29, 1.82) is 0 Å². The number of urea groups is 1. The summed E-state index contributed by atoms with van der Waals surface area (Å²) in [5, 5.41) is 12.8. The molecule has 0 radical (unpaired) electrons. The summed E-state index contributed by atoms with van der Waals surface area (Å²) in [7, 11) is 0. The zero-order chi connectivity index (χ0) is 26.7. The SMILES string of the molecule is Cc1ccc(-n2nc(C(C)(C)C)cc2NC(=O)Nc2ccc(C#CCC3CCCO3)c3ccccc23)cc1. The van der Waals surface area contributed by atoms with Crippen LogP contribution in [0.3, 0.4) is 0 Å². The van der Waals surface area contributed by atoms with Crippen molar-refractivity contribution in [2.45, 2.75) is 58.5 Å².